The van der Waals surface area contributed by atoms with Gasteiger partial charge in [0.15, 0.2) is 0 Å². The van der Waals surface area contributed by atoms with Gasteiger partial charge in [0.1, 0.15) is 11.6 Å². The molecule has 0 amide bonds. The van der Waals surface area contributed by atoms with Gasteiger partial charge in [-0.25, -0.2) is 8.78 Å². The average Bonchev–Trinajstić information content (AvgIpc) is 3.45. The summed E-state index contributed by atoms with van der Waals surface area (Å²) in [6, 6.07) is 27.2. The zero-order chi connectivity index (χ0) is 21.7. The lowest BCUT2D eigenvalue weighted by molar-refractivity contribution is 0.623. The van der Waals surface area contributed by atoms with Gasteiger partial charge in [0.25, 0.3) is 0 Å². The van der Waals surface area contributed by atoms with Gasteiger partial charge in [-0.05, 0) is 81.7 Å². The molecular weight excluding hydrogens is 398 g/mol. The lowest BCUT2D eigenvalue weighted by atomic mass is 9.88. The zero-order valence-electron chi connectivity index (χ0n) is 17.4. The van der Waals surface area contributed by atoms with E-state index in [1.807, 2.05) is 48.6 Å². The van der Waals surface area contributed by atoms with Crippen LogP contribution in [0.1, 0.15) is 33.4 Å². The van der Waals surface area contributed by atoms with Crippen LogP contribution in [0.2, 0.25) is 0 Å². The van der Waals surface area contributed by atoms with Gasteiger partial charge in [-0.1, -0.05) is 72.8 Å². The number of allylic oxidation sites excluding steroid dienone is 2. The summed E-state index contributed by atoms with van der Waals surface area (Å²) in [5.74, 6) is -0.349. The highest BCUT2D eigenvalue weighted by molar-refractivity contribution is 5.98. The Morgan fingerprint density at radius 3 is 1.25 bits per heavy atom. The Labute approximate surface area is 186 Å². The van der Waals surface area contributed by atoms with Crippen molar-refractivity contribution in [1.29, 1.82) is 0 Å². The molecular formula is C30H20F2. The first kappa shape index (κ1) is 18.9. The summed E-state index contributed by atoms with van der Waals surface area (Å²) in [5.41, 5.74) is 10.1. The minimum atomic E-state index is -0.175. The molecule has 0 heterocycles. The van der Waals surface area contributed by atoms with Gasteiger partial charge in [-0.3, -0.25) is 0 Å². The SMILES string of the molecule is Fc1cccc2c1C=C(c1ccccc1-c1ccccc1C1=Cc3c(F)cccc3C1)C2. The number of halogens is 2. The van der Waals surface area contributed by atoms with Gasteiger partial charge in [0.05, 0.1) is 0 Å². The van der Waals surface area contributed by atoms with E-state index < -0.39 is 0 Å². The number of fused-ring (bicyclic) bond motifs is 2. The van der Waals surface area contributed by atoms with Crippen LogP contribution in [0.4, 0.5) is 8.78 Å². The van der Waals surface area contributed by atoms with Crippen molar-refractivity contribution in [3.63, 3.8) is 0 Å². The van der Waals surface area contributed by atoms with Crippen molar-refractivity contribution in [3.05, 3.63) is 130 Å². The van der Waals surface area contributed by atoms with Gasteiger partial charge >= 0.3 is 0 Å². The smallest absolute Gasteiger partial charge is 0.130 e. The van der Waals surface area contributed by atoms with Crippen LogP contribution in [0.5, 0.6) is 0 Å². The summed E-state index contributed by atoms with van der Waals surface area (Å²) in [7, 11) is 0. The fourth-order valence-corrected chi connectivity index (χ4v) is 5.00. The van der Waals surface area contributed by atoms with E-state index >= 15 is 0 Å². The van der Waals surface area contributed by atoms with E-state index in [1.165, 1.54) is 12.1 Å². The second kappa shape index (κ2) is 7.42. The molecule has 0 nitrogen and oxygen atoms in total. The summed E-state index contributed by atoms with van der Waals surface area (Å²) in [6.45, 7) is 0. The van der Waals surface area contributed by atoms with E-state index in [-0.39, 0.29) is 11.6 Å². The van der Waals surface area contributed by atoms with Crippen molar-refractivity contribution in [2.24, 2.45) is 0 Å². The molecule has 0 aromatic heterocycles. The average molecular weight is 418 g/mol. The standard InChI is InChI=1S/C30H20F2/c31-29-13-5-7-19-15-21(17-27(19)29)23-9-1-3-11-25(23)26-12-4-2-10-24(26)22-16-20-8-6-14-30(32)28(20)18-22/h1-14,17-18H,15-16H2. The second-order valence-electron chi connectivity index (χ2n) is 8.41. The third-order valence-electron chi connectivity index (χ3n) is 6.52. The molecule has 154 valence electrons. The molecule has 0 saturated carbocycles. The van der Waals surface area contributed by atoms with Gasteiger partial charge in [-0.2, -0.15) is 0 Å². The first-order valence-corrected chi connectivity index (χ1v) is 10.8. The summed E-state index contributed by atoms with van der Waals surface area (Å²) in [4.78, 5) is 0. The predicted molar refractivity (Wildman–Crippen MR) is 128 cm³/mol. The zero-order valence-corrected chi connectivity index (χ0v) is 17.4. The Kier molecular flexibility index (Phi) is 4.39. The van der Waals surface area contributed by atoms with E-state index in [4.69, 9.17) is 0 Å². The Bertz CT molecular complexity index is 1330. The molecule has 0 unspecified atom stereocenters. The monoisotopic (exact) mass is 418 g/mol. The van der Waals surface area contributed by atoms with Crippen molar-refractivity contribution < 1.29 is 8.78 Å². The van der Waals surface area contributed by atoms with Gasteiger partial charge in [0.2, 0.25) is 0 Å². The van der Waals surface area contributed by atoms with Crippen molar-refractivity contribution >= 4 is 23.3 Å². The highest BCUT2D eigenvalue weighted by atomic mass is 19.1. The van der Waals surface area contributed by atoms with E-state index in [9.17, 15) is 8.78 Å². The number of hydrogen-bond donors (Lipinski definition) is 0. The fraction of sp³-hybridized carbons (Fsp3) is 0.0667. The largest absolute Gasteiger partial charge is 0.206 e. The first-order chi connectivity index (χ1) is 15.7. The van der Waals surface area contributed by atoms with E-state index in [0.29, 0.717) is 24.0 Å². The molecule has 0 radical (unpaired) electrons. The maximum Gasteiger partial charge on any atom is 0.130 e. The molecule has 2 aliphatic carbocycles. The van der Waals surface area contributed by atoms with Crippen LogP contribution in [-0.4, -0.2) is 0 Å². The van der Waals surface area contributed by atoms with Crippen molar-refractivity contribution in [2.45, 2.75) is 12.8 Å². The number of rotatable bonds is 3. The van der Waals surface area contributed by atoms with Gasteiger partial charge in [0, 0.05) is 11.1 Å². The van der Waals surface area contributed by atoms with Crippen LogP contribution >= 0.6 is 0 Å². The summed E-state index contributed by atoms with van der Waals surface area (Å²) < 4.78 is 28.7. The molecule has 0 N–H and O–H groups in total. The Hall–Kier alpha value is -3.78. The lowest BCUT2D eigenvalue weighted by Gasteiger charge is -2.15. The van der Waals surface area contributed by atoms with Crippen LogP contribution in [0.3, 0.4) is 0 Å². The van der Waals surface area contributed by atoms with Crippen molar-refractivity contribution in [2.75, 3.05) is 0 Å². The third kappa shape index (κ3) is 3.03. The maximum absolute atomic E-state index is 14.4. The van der Waals surface area contributed by atoms with Gasteiger partial charge < -0.3 is 0 Å². The second-order valence-corrected chi connectivity index (χ2v) is 8.41. The molecule has 0 fully saturated rings. The highest BCUT2D eigenvalue weighted by Crippen LogP contribution is 2.42. The molecule has 0 aliphatic heterocycles. The van der Waals surface area contributed by atoms with Gasteiger partial charge in [-0.15, -0.1) is 0 Å². The summed E-state index contributed by atoms with van der Waals surface area (Å²) in [6.07, 6.45) is 5.38. The molecule has 0 saturated heterocycles. The number of benzene rings is 4. The maximum atomic E-state index is 14.4. The van der Waals surface area contributed by atoms with E-state index in [2.05, 4.69) is 24.3 Å². The van der Waals surface area contributed by atoms with Crippen LogP contribution < -0.4 is 0 Å². The Balaban J connectivity index is 1.47. The fourth-order valence-electron chi connectivity index (χ4n) is 5.00. The molecule has 0 atom stereocenters. The molecule has 2 heteroatoms. The minimum Gasteiger partial charge on any atom is -0.206 e. The van der Waals surface area contributed by atoms with Crippen LogP contribution in [0.25, 0.3) is 34.4 Å². The Morgan fingerprint density at radius 1 is 0.438 bits per heavy atom. The topological polar surface area (TPSA) is 0 Å². The molecule has 32 heavy (non-hydrogen) atoms. The normalized spacial score (nSPS) is 14.1. The number of hydrogen-bond acceptors (Lipinski definition) is 0. The van der Waals surface area contributed by atoms with Crippen LogP contribution in [0.15, 0.2) is 84.9 Å². The van der Waals surface area contributed by atoms with E-state index in [1.54, 1.807) is 12.1 Å². The molecule has 4 aromatic carbocycles. The van der Waals surface area contributed by atoms with Crippen LogP contribution in [-0.2, 0) is 12.8 Å². The molecule has 2 aliphatic rings. The summed E-state index contributed by atoms with van der Waals surface area (Å²) in [5, 5.41) is 0. The Morgan fingerprint density at radius 2 is 0.844 bits per heavy atom. The van der Waals surface area contributed by atoms with Crippen LogP contribution in [0, 0.1) is 11.6 Å². The highest BCUT2D eigenvalue weighted by Gasteiger charge is 2.22. The molecule has 0 bridgehead atoms. The quantitative estimate of drug-likeness (QED) is 0.318. The first-order valence-electron chi connectivity index (χ1n) is 10.8. The molecule has 0 spiro atoms. The molecule has 6 rings (SSSR count). The molecule has 4 aromatic rings. The lowest BCUT2D eigenvalue weighted by Crippen LogP contribution is -1.95. The minimum absolute atomic E-state index is 0.175. The van der Waals surface area contributed by atoms with Crippen molar-refractivity contribution in [1.82, 2.24) is 0 Å². The predicted octanol–water partition coefficient (Wildman–Crippen LogP) is 7.83. The van der Waals surface area contributed by atoms with Crippen molar-refractivity contribution in [3.8, 4) is 11.1 Å². The van der Waals surface area contributed by atoms with E-state index in [0.717, 1.165) is 44.5 Å². The summed E-state index contributed by atoms with van der Waals surface area (Å²) >= 11 is 0. The third-order valence-corrected chi connectivity index (χ3v) is 6.52.